The summed E-state index contributed by atoms with van der Waals surface area (Å²) < 4.78 is 53.2. The summed E-state index contributed by atoms with van der Waals surface area (Å²) in [5.74, 6) is -2.82. The first kappa shape index (κ1) is 28.8. The van der Waals surface area contributed by atoms with Gasteiger partial charge in [0.15, 0.2) is 0 Å². The Morgan fingerprint density at radius 2 is 1.93 bits per heavy atom. The van der Waals surface area contributed by atoms with Crippen molar-refractivity contribution in [2.75, 3.05) is 18.4 Å². The Bertz CT molecular complexity index is 1450. The normalized spacial score (nSPS) is 17.9. The minimum absolute atomic E-state index is 0.0982. The predicted molar refractivity (Wildman–Crippen MR) is 136 cm³/mol. The lowest BCUT2D eigenvalue weighted by atomic mass is 9.80. The molecule has 0 aliphatic heterocycles. The molecule has 0 radical (unpaired) electrons. The molecule has 14 heteroatoms. The van der Waals surface area contributed by atoms with Crippen molar-refractivity contribution in [3.8, 4) is 17.5 Å². The highest BCUT2D eigenvalue weighted by atomic mass is 19.4. The van der Waals surface area contributed by atoms with Gasteiger partial charge < -0.3 is 21.1 Å². The molecular weight excluding hydrogens is 534 g/mol. The average Bonchev–Trinajstić information content (AvgIpc) is 3.30. The van der Waals surface area contributed by atoms with Gasteiger partial charge in [0.05, 0.1) is 52.1 Å². The fraction of sp³-hybridized carbons (Fsp3) is 0.423. The minimum Gasteiger partial charge on any atom is -0.387 e. The molecule has 2 amide bonds. The second-order valence-electron chi connectivity index (χ2n) is 10.2. The van der Waals surface area contributed by atoms with Crippen LogP contribution in [0.4, 0.5) is 23.2 Å². The fourth-order valence-corrected chi connectivity index (χ4v) is 4.25. The average molecular weight is 562 g/mol. The van der Waals surface area contributed by atoms with Crippen LogP contribution >= 0.6 is 0 Å². The van der Waals surface area contributed by atoms with E-state index < -0.39 is 36.3 Å². The highest BCUT2D eigenvalue weighted by Crippen LogP contribution is 2.33. The Balaban J connectivity index is 1.54. The van der Waals surface area contributed by atoms with Crippen molar-refractivity contribution in [2.24, 2.45) is 5.92 Å². The molecule has 0 bridgehead atoms. The van der Waals surface area contributed by atoms with Gasteiger partial charge in [-0.05, 0) is 56.9 Å². The zero-order chi connectivity index (χ0) is 29.2. The van der Waals surface area contributed by atoms with Gasteiger partial charge in [-0.3, -0.25) is 14.6 Å². The number of nitrogens with one attached hydrogen (secondary N) is 3. The van der Waals surface area contributed by atoms with Gasteiger partial charge >= 0.3 is 12.1 Å². The van der Waals surface area contributed by atoms with Crippen LogP contribution in [0.5, 0.6) is 0 Å². The number of rotatable bonds is 9. The third-order valence-electron chi connectivity index (χ3n) is 6.65. The van der Waals surface area contributed by atoms with Crippen molar-refractivity contribution in [1.82, 2.24) is 25.2 Å². The highest BCUT2D eigenvalue weighted by molar-refractivity contribution is 6.00. The molecule has 0 saturated heterocycles. The molecule has 1 saturated carbocycles. The SMILES string of the molecule is CC(C)(O)C(F)CNC(=O)c1cnc(-c2ccc3cc(C#N)cnn23)cc1NC1CC(CNC(=O)C(F)(F)F)C1. The molecule has 4 rings (SSSR count). The molecule has 1 unspecified atom stereocenters. The van der Waals surface area contributed by atoms with Crippen LogP contribution in [-0.4, -0.2) is 68.6 Å². The van der Waals surface area contributed by atoms with E-state index in [1.807, 2.05) is 11.4 Å². The number of anilines is 1. The number of carbonyl (C=O) groups is 2. The predicted octanol–water partition coefficient (Wildman–Crippen LogP) is 2.98. The second kappa shape index (κ2) is 11.1. The topological polar surface area (TPSA) is 144 Å². The number of aliphatic hydroxyl groups is 1. The largest absolute Gasteiger partial charge is 0.471 e. The van der Waals surface area contributed by atoms with Gasteiger partial charge in [-0.25, -0.2) is 8.91 Å². The fourth-order valence-electron chi connectivity index (χ4n) is 4.25. The van der Waals surface area contributed by atoms with Crippen LogP contribution in [0.25, 0.3) is 16.9 Å². The summed E-state index contributed by atoms with van der Waals surface area (Å²) >= 11 is 0. The maximum Gasteiger partial charge on any atom is 0.471 e. The van der Waals surface area contributed by atoms with Crippen LogP contribution in [0.3, 0.4) is 0 Å². The summed E-state index contributed by atoms with van der Waals surface area (Å²) in [6.07, 6.45) is -3.08. The molecule has 40 heavy (non-hydrogen) atoms. The number of halogens is 4. The smallest absolute Gasteiger partial charge is 0.387 e. The van der Waals surface area contributed by atoms with Gasteiger partial charge in [0.1, 0.15) is 12.2 Å². The highest BCUT2D eigenvalue weighted by Gasteiger charge is 2.39. The lowest BCUT2D eigenvalue weighted by molar-refractivity contribution is -0.173. The van der Waals surface area contributed by atoms with Crippen molar-refractivity contribution in [1.29, 1.82) is 5.26 Å². The van der Waals surface area contributed by atoms with E-state index >= 15 is 0 Å². The Morgan fingerprint density at radius 1 is 1.20 bits per heavy atom. The van der Waals surface area contributed by atoms with Crippen LogP contribution in [0.1, 0.15) is 42.6 Å². The van der Waals surface area contributed by atoms with E-state index in [-0.39, 0.29) is 24.1 Å². The lowest BCUT2D eigenvalue weighted by Crippen LogP contribution is -2.45. The van der Waals surface area contributed by atoms with Crippen molar-refractivity contribution in [2.45, 2.75) is 50.7 Å². The number of amides is 2. The van der Waals surface area contributed by atoms with E-state index in [1.165, 1.54) is 26.2 Å². The van der Waals surface area contributed by atoms with E-state index in [0.29, 0.717) is 41.0 Å². The zero-order valence-corrected chi connectivity index (χ0v) is 21.6. The molecular formula is C26H27F4N7O3. The Morgan fingerprint density at radius 3 is 2.58 bits per heavy atom. The van der Waals surface area contributed by atoms with Crippen molar-refractivity contribution in [3.05, 3.63) is 47.8 Å². The number of aromatic nitrogens is 3. The summed E-state index contributed by atoms with van der Waals surface area (Å²) in [6, 6.07) is 8.57. The van der Waals surface area contributed by atoms with Crippen LogP contribution < -0.4 is 16.0 Å². The molecule has 3 aromatic heterocycles. The van der Waals surface area contributed by atoms with Crippen LogP contribution in [0.15, 0.2) is 36.7 Å². The van der Waals surface area contributed by atoms with Gasteiger partial charge in [-0.1, -0.05) is 0 Å². The van der Waals surface area contributed by atoms with Crippen LogP contribution in [-0.2, 0) is 4.79 Å². The maximum atomic E-state index is 14.2. The molecule has 3 heterocycles. The number of carbonyl (C=O) groups excluding carboxylic acids is 2. The quantitative estimate of drug-likeness (QED) is 0.294. The van der Waals surface area contributed by atoms with E-state index in [9.17, 15) is 32.3 Å². The molecule has 4 N–H and O–H groups in total. The Labute approximate surface area is 226 Å². The molecule has 1 fully saturated rings. The standard InChI is InChI=1S/C26H27F4N7O3/c1-25(2,40)22(27)13-33-23(38)18-12-32-20(21-4-3-17-7-15(9-31)11-35-37(17)21)8-19(18)36-16-5-14(6-16)10-34-24(39)26(28,29)30/h3-4,7-8,11-12,14,16,22,40H,5-6,10,13H2,1-2H3,(H,32,36)(H,33,38)(H,34,39). The van der Waals surface area contributed by atoms with E-state index in [2.05, 4.69) is 20.7 Å². The number of hydrogen-bond donors (Lipinski definition) is 4. The molecule has 3 aromatic rings. The zero-order valence-electron chi connectivity index (χ0n) is 21.6. The molecule has 1 aliphatic rings. The first-order valence-electron chi connectivity index (χ1n) is 12.4. The van der Waals surface area contributed by atoms with Crippen molar-refractivity contribution < 1.29 is 32.3 Å². The molecule has 0 spiro atoms. The molecule has 1 aliphatic carbocycles. The van der Waals surface area contributed by atoms with Crippen molar-refractivity contribution in [3.63, 3.8) is 0 Å². The summed E-state index contributed by atoms with van der Waals surface area (Å²) in [6.45, 7) is 1.99. The van der Waals surface area contributed by atoms with Crippen LogP contribution in [0.2, 0.25) is 0 Å². The van der Waals surface area contributed by atoms with Gasteiger partial charge in [0.2, 0.25) is 0 Å². The van der Waals surface area contributed by atoms with E-state index in [4.69, 9.17) is 5.26 Å². The first-order chi connectivity index (χ1) is 18.8. The third-order valence-corrected chi connectivity index (χ3v) is 6.65. The summed E-state index contributed by atoms with van der Waals surface area (Å²) in [7, 11) is 0. The molecule has 1 atom stereocenters. The third kappa shape index (κ3) is 6.48. The van der Waals surface area contributed by atoms with Gasteiger partial charge in [-0.15, -0.1) is 0 Å². The summed E-state index contributed by atoms with van der Waals surface area (Å²) in [4.78, 5) is 28.4. The Hall–Kier alpha value is -4.25. The summed E-state index contributed by atoms with van der Waals surface area (Å²) in [5.41, 5.74) is 0.825. The number of nitrogens with zero attached hydrogens (tertiary/aromatic N) is 4. The van der Waals surface area contributed by atoms with Gasteiger partial charge in [0.25, 0.3) is 5.91 Å². The molecule has 212 valence electrons. The van der Waals surface area contributed by atoms with Crippen LogP contribution in [0, 0.1) is 17.2 Å². The minimum atomic E-state index is -4.95. The van der Waals surface area contributed by atoms with E-state index in [1.54, 1.807) is 28.8 Å². The second-order valence-corrected chi connectivity index (χ2v) is 10.2. The van der Waals surface area contributed by atoms with Gasteiger partial charge in [-0.2, -0.15) is 23.5 Å². The Kier molecular flexibility index (Phi) is 7.97. The monoisotopic (exact) mass is 561 g/mol. The first-order valence-corrected chi connectivity index (χ1v) is 12.4. The number of pyridine rings is 1. The van der Waals surface area contributed by atoms with Crippen molar-refractivity contribution >= 4 is 23.0 Å². The molecule has 0 aromatic carbocycles. The summed E-state index contributed by atoms with van der Waals surface area (Å²) in [5, 5.41) is 30.8. The lowest BCUT2D eigenvalue weighted by Gasteiger charge is -2.37. The number of hydrogen-bond acceptors (Lipinski definition) is 7. The maximum absolute atomic E-state index is 14.2. The number of alkyl halides is 4. The van der Waals surface area contributed by atoms with E-state index in [0.717, 1.165) is 0 Å². The molecule has 10 nitrogen and oxygen atoms in total. The van der Waals surface area contributed by atoms with Gasteiger partial charge in [0, 0.05) is 18.8 Å². The number of nitriles is 1. The number of fused-ring (bicyclic) bond motifs is 1.